The molecule has 0 saturated heterocycles. The van der Waals surface area contributed by atoms with Crippen LogP contribution in [0.4, 0.5) is 34.1 Å². The fraction of sp³-hybridized carbons (Fsp3) is 0.205. The smallest absolute Gasteiger partial charge is 0.264 e. The van der Waals surface area contributed by atoms with Gasteiger partial charge in [-0.05, 0) is 161 Å². The Bertz CT molecular complexity index is 4020. The molecule has 0 atom stereocenters. The first kappa shape index (κ1) is 47.8. The fourth-order valence-electron chi connectivity index (χ4n) is 13.6. The monoisotopic (exact) mass is 1010 g/mol. The van der Waals surface area contributed by atoms with E-state index in [9.17, 15) is 0 Å². The maximum Gasteiger partial charge on any atom is 0.264 e. The van der Waals surface area contributed by atoms with Crippen LogP contribution in [0.5, 0.6) is 0 Å². The van der Waals surface area contributed by atoms with Gasteiger partial charge >= 0.3 is 0 Å². The van der Waals surface area contributed by atoms with Crippen molar-refractivity contribution >= 4 is 67.9 Å². The van der Waals surface area contributed by atoms with E-state index >= 15 is 0 Å². The normalized spacial score (nSPS) is 14.5. The molecule has 376 valence electrons. The lowest BCUT2D eigenvalue weighted by Crippen LogP contribution is -2.60. The molecule has 1 spiro atoms. The first-order chi connectivity index (χ1) is 36.9. The molecule has 2 aliphatic carbocycles. The quantitative estimate of drug-likeness (QED) is 0.162. The summed E-state index contributed by atoms with van der Waals surface area (Å²) in [6, 6.07) is 75.4. The summed E-state index contributed by atoms with van der Waals surface area (Å²) in [4.78, 5) is 6.72. The van der Waals surface area contributed by atoms with Gasteiger partial charge in [0.2, 0.25) is 0 Å². The molecule has 0 amide bonds. The molecular formula is C73H65BN2S. The third-order valence-electron chi connectivity index (χ3n) is 17.4. The van der Waals surface area contributed by atoms with Gasteiger partial charge < -0.3 is 9.80 Å². The zero-order valence-electron chi connectivity index (χ0n) is 46.4. The predicted octanol–water partition coefficient (Wildman–Crippen LogP) is 18.0. The van der Waals surface area contributed by atoms with Crippen molar-refractivity contribution in [2.75, 3.05) is 9.80 Å². The third kappa shape index (κ3) is 7.00. The first-order valence-corrected chi connectivity index (χ1v) is 28.5. The van der Waals surface area contributed by atoms with Crippen LogP contribution in [0.25, 0.3) is 44.5 Å². The van der Waals surface area contributed by atoms with Crippen LogP contribution in [-0.2, 0) is 21.7 Å². The highest BCUT2D eigenvalue weighted by Crippen LogP contribution is 2.67. The molecule has 0 N–H and O–H groups in total. The van der Waals surface area contributed by atoms with Crippen molar-refractivity contribution in [2.45, 2.75) is 97.8 Å². The number of fused-ring (bicyclic) bond motifs is 15. The van der Waals surface area contributed by atoms with Gasteiger partial charge in [0, 0.05) is 43.7 Å². The molecule has 2 aliphatic heterocycles. The number of anilines is 6. The molecule has 9 aromatic carbocycles. The Morgan fingerprint density at radius 1 is 0.403 bits per heavy atom. The van der Waals surface area contributed by atoms with Gasteiger partial charge in [0.25, 0.3) is 6.71 Å². The van der Waals surface area contributed by atoms with Crippen molar-refractivity contribution in [1.82, 2.24) is 0 Å². The summed E-state index contributed by atoms with van der Waals surface area (Å²) in [7, 11) is 0. The summed E-state index contributed by atoms with van der Waals surface area (Å²) in [5.41, 5.74) is 30.5. The molecule has 1 aromatic heterocycles. The van der Waals surface area contributed by atoms with Gasteiger partial charge in [-0.25, -0.2) is 0 Å². The zero-order valence-corrected chi connectivity index (χ0v) is 47.2. The van der Waals surface area contributed by atoms with Crippen LogP contribution < -0.4 is 25.5 Å². The standard InChI is InChI=1S/C73H65BN2S/c1-44-25-36-53(46-19-13-12-14-20-46)57(39-44)47-26-38-61-62(42-47)75(51-32-27-48(28-33-51)70(3,4)5)63-40-45(2)41-64-66(63)74(61)69-67(76(64)52-34-29-49(30-35-52)71(6,7)8)65-56-37-31-50(72(9,10)11)43-60(56)73(68(65)77-69)58-23-17-15-21-54(58)55-22-16-18-24-59(55)73/h12-43H,1-11H3. The van der Waals surface area contributed by atoms with Gasteiger partial charge in [0.1, 0.15) is 0 Å². The van der Waals surface area contributed by atoms with E-state index in [1.165, 1.54) is 138 Å². The van der Waals surface area contributed by atoms with E-state index in [1.54, 1.807) is 0 Å². The van der Waals surface area contributed by atoms with E-state index in [4.69, 9.17) is 0 Å². The third-order valence-corrected chi connectivity index (χ3v) is 18.8. The van der Waals surface area contributed by atoms with Gasteiger partial charge in [-0.2, -0.15) is 0 Å². The minimum absolute atomic E-state index is 0.00800. The van der Waals surface area contributed by atoms with Crippen LogP contribution in [0.3, 0.4) is 0 Å². The Kier molecular flexibility index (Phi) is 10.3. The second-order valence-electron chi connectivity index (χ2n) is 25.5. The molecular weight excluding hydrogens is 948 g/mol. The number of hydrogen-bond donors (Lipinski definition) is 0. The predicted molar refractivity (Wildman–Crippen MR) is 331 cm³/mol. The average molecular weight is 1010 g/mol. The summed E-state index contributed by atoms with van der Waals surface area (Å²) < 4.78 is 1.40. The molecule has 3 heterocycles. The second kappa shape index (κ2) is 16.7. The van der Waals surface area contributed by atoms with E-state index in [0.29, 0.717) is 0 Å². The van der Waals surface area contributed by atoms with Crippen molar-refractivity contribution in [2.24, 2.45) is 0 Å². The highest BCUT2D eigenvalue weighted by Gasteiger charge is 2.57. The molecule has 0 bridgehead atoms. The van der Waals surface area contributed by atoms with E-state index in [2.05, 4.69) is 291 Å². The fourth-order valence-corrected chi connectivity index (χ4v) is 15.3. The van der Waals surface area contributed by atoms with Crippen LogP contribution in [-0.4, -0.2) is 6.71 Å². The Hall–Kier alpha value is -7.66. The minimum Gasteiger partial charge on any atom is -0.311 e. The van der Waals surface area contributed by atoms with Crippen molar-refractivity contribution in [3.8, 4) is 44.5 Å². The van der Waals surface area contributed by atoms with Crippen molar-refractivity contribution < 1.29 is 0 Å². The molecule has 0 radical (unpaired) electrons. The molecule has 10 aromatic rings. The largest absolute Gasteiger partial charge is 0.311 e. The van der Waals surface area contributed by atoms with Crippen LogP contribution in [0.1, 0.15) is 112 Å². The second-order valence-corrected chi connectivity index (χ2v) is 26.5. The molecule has 0 unspecified atom stereocenters. The van der Waals surface area contributed by atoms with Gasteiger partial charge in [-0.15, -0.1) is 11.3 Å². The molecule has 14 rings (SSSR count). The number of hydrogen-bond acceptors (Lipinski definition) is 3. The maximum absolute atomic E-state index is 2.69. The number of thiophene rings is 1. The lowest BCUT2D eigenvalue weighted by atomic mass is 9.36. The Labute approximate surface area is 460 Å². The molecule has 4 aliphatic rings. The van der Waals surface area contributed by atoms with Gasteiger partial charge in [-0.3, -0.25) is 0 Å². The van der Waals surface area contributed by atoms with E-state index < -0.39 is 5.41 Å². The van der Waals surface area contributed by atoms with E-state index in [1.807, 2.05) is 0 Å². The number of nitrogens with zero attached hydrogens (tertiary/aromatic N) is 2. The van der Waals surface area contributed by atoms with Crippen molar-refractivity contribution in [3.05, 3.63) is 244 Å². The van der Waals surface area contributed by atoms with Crippen LogP contribution in [0.2, 0.25) is 0 Å². The topological polar surface area (TPSA) is 6.48 Å². The van der Waals surface area contributed by atoms with E-state index in [-0.39, 0.29) is 23.0 Å². The van der Waals surface area contributed by atoms with Crippen LogP contribution in [0.15, 0.2) is 194 Å². The summed E-state index contributed by atoms with van der Waals surface area (Å²) in [5.74, 6) is 0. The SMILES string of the molecule is Cc1ccc(-c2ccccc2)c(-c2ccc3c(c2)N(c2ccc(C(C)(C)C)cc2)c2cc(C)cc4c2B3c2sc3c(c2N4c2ccc(C(C)(C)C)cc2)-c2ccc(C(C)(C)C)cc2C32c3ccccc3-c3ccccc32)c1. The highest BCUT2D eigenvalue weighted by molar-refractivity contribution is 7.30. The number of aryl methyl sites for hydroxylation is 2. The van der Waals surface area contributed by atoms with Crippen LogP contribution >= 0.6 is 11.3 Å². The molecule has 0 fully saturated rings. The first-order valence-electron chi connectivity index (χ1n) is 27.7. The lowest BCUT2D eigenvalue weighted by Gasteiger charge is -2.44. The van der Waals surface area contributed by atoms with Crippen LogP contribution in [0, 0.1) is 13.8 Å². The Morgan fingerprint density at radius 3 is 1.56 bits per heavy atom. The molecule has 2 nitrogen and oxygen atoms in total. The summed E-state index contributed by atoms with van der Waals surface area (Å²) in [6.45, 7) is 25.5. The van der Waals surface area contributed by atoms with Crippen molar-refractivity contribution in [1.29, 1.82) is 0 Å². The molecule has 0 saturated carbocycles. The Morgan fingerprint density at radius 2 is 0.948 bits per heavy atom. The van der Waals surface area contributed by atoms with Gasteiger partial charge in [0.15, 0.2) is 0 Å². The number of rotatable bonds is 4. The Balaban J connectivity index is 1.11. The van der Waals surface area contributed by atoms with Crippen molar-refractivity contribution in [3.63, 3.8) is 0 Å². The zero-order chi connectivity index (χ0) is 53.1. The highest BCUT2D eigenvalue weighted by atomic mass is 32.1. The summed E-state index contributed by atoms with van der Waals surface area (Å²) >= 11 is 2.07. The minimum atomic E-state index is -0.505. The summed E-state index contributed by atoms with van der Waals surface area (Å²) in [5, 5.41) is 0. The van der Waals surface area contributed by atoms with E-state index in [0.717, 1.165) is 5.69 Å². The number of benzene rings is 9. The summed E-state index contributed by atoms with van der Waals surface area (Å²) in [6.07, 6.45) is 0. The lowest BCUT2D eigenvalue weighted by molar-refractivity contribution is 0.588. The van der Waals surface area contributed by atoms with Gasteiger partial charge in [0.05, 0.1) is 11.1 Å². The average Bonchev–Trinajstić information content (AvgIpc) is 3.90. The van der Waals surface area contributed by atoms with Gasteiger partial charge in [-0.1, -0.05) is 220 Å². The molecule has 77 heavy (non-hydrogen) atoms. The molecule has 4 heteroatoms. The maximum atomic E-state index is 2.69.